The number of nitrogens with one attached hydrogen (secondary N) is 1. The van der Waals surface area contributed by atoms with Gasteiger partial charge in [0.15, 0.2) is 0 Å². The molecule has 0 unspecified atom stereocenters. The molecule has 108 valence electrons. The zero-order chi connectivity index (χ0) is 14.6. The normalized spacial score (nSPS) is 11.8. The minimum atomic E-state index is 0.0814. The van der Waals surface area contributed by atoms with Gasteiger partial charge >= 0.3 is 0 Å². The molecule has 1 aromatic carbocycles. The molecule has 0 aliphatic carbocycles. The molecule has 20 heavy (non-hydrogen) atoms. The van der Waals surface area contributed by atoms with E-state index in [4.69, 9.17) is 0 Å². The molecule has 0 atom stereocenters. The molecule has 1 aromatic heterocycles. The van der Waals surface area contributed by atoms with Crippen LogP contribution >= 0.6 is 0 Å². The molecule has 0 radical (unpaired) electrons. The molecule has 0 spiro atoms. The minimum Gasteiger partial charge on any atom is -0.306 e. The third kappa shape index (κ3) is 3.67. The highest BCUT2D eigenvalue weighted by atomic mass is 15.4. The Morgan fingerprint density at radius 2 is 1.95 bits per heavy atom. The molecule has 1 heterocycles. The van der Waals surface area contributed by atoms with Gasteiger partial charge in [-0.1, -0.05) is 36.8 Å². The molecule has 0 aliphatic rings. The summed E-state index contributed by atoms with van der Waals surface area (Å²) in [5.74, 6) is 0. The zero-order valence-corrected chi connectivity index (χ0v) is 12.8. The van der Waals surface area contributed by atoms with E-state index in [1.165, 1.54) is 5.56 Å². The molecular weight excluding hydrogens is 248 g/mol. The number of nitrogens with zero attached hydrogens (tertiary/aromatic N) is 3. The van der Waals surface area contributed by atoms with Crippen LogP contribution in [-0.2, 0) is 13.0 Å². The average Bonchev–Trinajstić information content (AvgIpc) is 2.85. The molecule has 2 rings (SSSR count). The van der Waals surface area contributed by atoms with Crippen LogP contribution in [0, 0.1) is 0 Å². The van der Waals surface area contributed by atoms with Crippen LogP contribution in [0.2, 0.25) is 0 Å². The lowest BCUT2D eigenvalue weighted by Crippen LogP contribution is -2.35. The van der Waals surface area contributed by atoms with E-state index in [9.17, 15) is 0 Å². The number of aryl methyl sites for hydroxylation is 1. The summed E-state index contributed by atoms with van der Waals surface area (Å²) in [6.45, 7) is 9.43. The summed E-state index contributed by atoms with van der Waals surface area (Å²) in [5.41, 5.74) is 3.62. The first-order chi connectivity index (χ1) is 9.51. The maximum atomic E-state index is 4.26. The number of hydrogen-bond donors (Lipinski definition) is 1. The van der Waals surface area contributed by atoms with Gasteiger partial charge in [0.2, 0.25) is 0 Å². The van der Waals surface area contributed by atoms with Crippen LogP contribution in [-0.4, -0.2) is 20.5 Å². The first-order valence-electron chi connectivity index (χ1n) is 7.24. The lowest BCUT2D eigenvalue weighted by Gasteiger charge is -2.20. The predicted molar refractivity (Wildman–Crippen MR) is 81.9 cm³/mol. The van der Waals surface area contributed by atoms with E-state index in [1.807, 2.05) is 10.9 Å². The van der Waals surface area contributed by atoms with Gasteiger partial charge in [-0.2, -0.15) is 0 Å². The van der Waals surface area contributed by atoms with Crippen molar-refractivity contribution in [2.75, 3.05) is 0 Å². The molecule has 0 bridgehead atoms. The van der Waals surface area contributed by atoms with Crippen LogP contribution in [0.1, 0.15) is 45.4 Å². The van der Waals surface area contributed by atoms with Crippen molar-refractivity contribution in [1.29, 1.82) is 0 Å². The van der Waals surface area contributed by atoms with E-state index < -0.39 is 0 Å². The van der Waals surface area contributed by atoms with Crippen LogP contribution in [0.25, 0.3) is 5.69 Å². The van der Waals surface area contributed by atoms with Crippen molar-refractivity contribution in [1.82, 2.24) is 20.3 Å². The van der Waals surface area contributed by atoms with E-state index in [-0.39, 0.29) is 5.54 Å². The highest BCUT2D eigenvalue weighted by Gasteiger charge is 2.13. The third-order valence-corrected chi connectivity index (χ3v) is 3.16. The lowest BCUT2D eigenvalue weighted by molar-refractivity contribution is 0.418. The van der Waals surface area contributed by atoms with Crippen molar-refractivity contribution in [3.63, 3.8) is 0 Å². The Bertz CT molecular complexity index is 552. The molecule has 2 aromatic rings. The van der Waals surface area contributed by atoms with Crippen LogP contribution in [0.5, 0.6) is 0 Å². The van der Waals surface area contributed by atoms with Crippen molar-refractivity contribution >= 4 is 0 Å². The van der Waals surface area contributed by atoms with Crippen molar-refractivity contribution in [3.05, 3.63) is 41.7 Å². The highest BCUT2D eigenvalue weighted by molar-refractivity contribution is 5.41. The second-order valence-electron chi connectivity index (χ2n) is 6.12. The predicted octanol–water partition coefficient (Wildman–Crippen LogP) is 3.11. The summed E-state index contributed by atoms with van der Waals surface area (Å²) in [6, 6.07) is 8.41. The highest BCUT2D eigenvalue weighted by Crippen LogP contribution is 2.17. The molecule has 4 nitrogen and oxygen atoms in total. The van der Waals surface area contributed by atoms with E-state index in [0.717, 1.165) is 30.8 Å². The van der Waals surface area contributed by atoms with Crippen molar-refractivity contribution < 1.29 is 0 Å². The van der Waals surface area contributed by atoms with Crippen molar-refractivity contribution in [2.45, 2.75) is 52.6 Å². The quantitative estimate of drug-likeness (QED) is 0.909. The molecule has 1 N–H and O–H groups in total. The number of para-hydroxylation sites is 1. The fourth-order valence-electron chi connectivity index (χ4n) is 2.13. The Kier molecular flexibility index (Phi) is 4.55. The molecule has 4 heteroatoms. The Morgan fingerprint density at radius 3 is 2.65 bits per heavy atom. The molecule has 0 saturated heterocycles. The summed E-state index contributed by atoms with van der Waals surface area (Å²) >= 11 is 0. The van der Waals surface area contributed by atoms with Gasteiger partial charge in [-0.05, 0) is 38.8 Å². The topological polar surface area (TPSA) is 42.7 Å². The molecular formula is C16H24N4. The standard InChI is InChI=1S/C16H24N4/c1-5-8-13-9-6-7-10-15(13)20-14(12-18-19-20)11-17-16(2,3)4/h6-7,9-10,12,17H,5,8,11H2,1-4H3. The lowest BCUT2D eigenvalue weighted by atomic mass is 10.1. The van der Waals surface area contributed by atoms with E-state index in [2.05, 4.69) is 67.6 Å². The maximum absolute atomic E-state index is 4.26. The van der Waals surface area contributed by atoms with Gasteiger partial charge in [-0.25, -0.2) is 4.68 Å². The van der Waals surface area contributed by atoms with Gasteiger partial charge in [-0.3, -0.25) is 0 Å². The van der Waals surface area contributed by atoms with E-state index in [1.54, 1.807) is 0 Å². The van der Waals surface area contributed by atoms with Gasteiger partial charge in [0, 0.05) is 12.1 Å². The minimum absolute atomic E-state index is 0.0814. The number of benzene rings is 1. The smallest absolute Gasteiger partial charge is 0.0783 e. The van der Waals surface area contributed by atoms with E-state index >= 15 is 0 Å². The molecule has 0 amide bonds. The monoisotopic (exact) mass is 272 g/mol. The first kappa shape index (κ1) is 14.7. The van der Waals surface area contributed by atoms with Crippen LogP contribution in [0.3, 0.4) is 0 Å². The molecule has 0 aliphatic heterocycles. The maximum Gasteiger partial charge on any atom is 0.0783 e. The van der Waals surface area contributed by atoms with Gasteiger partial charge < -0.3 is 5.32 Å². The number of rotatable bonds is 5. The molecule has 0 fully saturated rings. The Balaban J connectivity index is 2.28. The fourth-order valence-corrected chi connectivity index (χ4v) is 2.13. The summed E-state index contributed by atoms with van der Waals surface area (Å²) in [6.07, 6.45) is 4.02. The first-order valence-corrected chi connectivity index (χ1v) is 7.24. The van der Waals surface area contributed by atoms with Gasteiger partial charge in [0.1, 0.15) is 0 Å². The van der Waals surface area contributed by atoms with Crippen molar-refractivity contribution in [3.8, 4) is 5.69 Å². The second-order valence-corrected chi connectivity index (χ2v) is 6.12. The largest absolute Gasteiger partial charge is 0.306 e. The summed E-state index contributed by atoms with van der Waals surface area (Å²) in [7, 11) is 0. The van der Waals surface area contributed by atoms with Gasteiger partial charge in [0.05, 0.1) is 17.6 Å². The second kappa shape index (κ2) is 6.18. The summed E-state index contributed by atoms with van der Waals surface area (Å²) in [4.78, 5) is 0. The van der Waals surface area contributed by atoms with Crippen molar-refractivity contribution in [2.24, 2.45) is 0 Å². The SMILES string of the molecule is CCCc1ccccc1-n1nncc1CNC(C)(C)C. The average molecular weight is 272 g/mol. The summed E-state index contributed by atoms with van der Waals surface area (Å²) < 4.78 is 1.95. The third-order valence-electron chi connectivity index (χ3n) is 3.16. The Labute approximate surface area is 121 Å². The fraction of sp³-hybridized carbons (Fsp3) is 0.500. The van der Waals surface area contributed by atoms with Gasteiger partial charge in [0.25, 0.3) is 0 Å². The number of aromatic nitrogens is 3. The van der Waals surface area contributed by atoms with Crippen LogP contribution < -0.4 is 5.32 Å². The number of hydrogen-bond acceptors (Lipinski definition) is 3. The van der Waals surface area contributed by atoms with Crippen LogP contribution in [0.4, 0.5) is 0 Å². The summed E-state index contributed by atoms with van der Waals surface area (Å²) in [5, 5.41) is 11.8. The van der Waals surface area contributed by atoms with Crippen LogP contribution in [0.15, 0.2) is 30.5 Å². The van der Waals surface area contributed by atoms with E-state index in [0.29, 0.717) is 0 Å². The zero-order valence-electron chi connectivity index (χ0n) is 12.8. The van der Waals surface area contributed by atoms with Gasteiger partial charge in [-0.15, -0.1) is 5.10 Å². The molecule has 0 saturated carbocycles. The Morgan fingerprint density at radius 1 is 1.20 bits per heavy atom. The Hall–Kier alpha value is -1.68.